The molecule has 2 N–H and O–H groups in total. The predicted octanol–water partition coefficient (Wildman–Crippen LogP) is 3.09. The van der Waals surface area contributed by atoms with E-state index in [0.717, 1.165) is 16.9 Å². The fourth-order valence-electron chi connectivity index (χ4n) is 1.04. The maximum atomic E-state index is 5.95. The Labute approximate surface area is 81.3 Å². The van der Waals surface area contributed by atoms with E-state index < -0.39 is 0 Å². The first-order valence-corrected chi connectivity index (χ1v) is 4.95. The molecule has 2 atom stereocenters. The summed E-state index contributed by atoms with van der Waals surface area (Å²) < 4.78 is 6.11. The summed E-state index contributed by atoms with van der Waals surface area (Å²) in [7, 11) is 0. The van der Waals surface area contributed by atoms with E-state index in [9.17, 15) is 0 Å². The number of halogens is 1. The third kappa shape index (κ3) is 2.11. The minimum absolute atomic E-state index is 0.0151. The van der Waals surface area contributed by atoms with Crippen molar-refractivity contribution < 1.29 is 4.42 Å². The van der Waals surface area contributed by atoms with Crippen LogP contribution in [0, 0.1) is 5.92 Å². The normalized spacial score (nSPS) is 16.0. The zero-order valence-electron chi connectivity index (χ0n) is 7.38. The van der Waals surface area contributed by atoms with Gasteiger partial charge < -0.3 is 10.2 Å². The average molecular weight is 232 g/mol. The van der Waals surface area contributed by atoms with Crippen molar-refractivity contribution in [3.8, 4) is 0 Å². The molecule has 68 valence electrons. The third-order valence-corrected chi connectivity index (χ3v) is 2.61. The lowest BCUT2D eigenvalue weighted by Gasteiger charge is -2.15. The fraction of sp³-hybridized carbons (Fsp3) is 0.556. The van der Waals surface area contributed by atoms with Gasteiger partial charge in [0, 0.05) is 0 Å². The number of rotatable bonds is 3. The van der Waals surface area contributed by atoms with Crippen LogP contribution in [-0.4, -0.2) is 0 Å². The summed E-state index contributed by atoms with van der Waals surface area (Å²) in [4.78, 5) is 0. The Kier molecular flexibility index (Phi) is 3.35. The van der Waals surface area contributed by atoms with Gasteiger partial charge in [0.25, 0.3) is 0 Å². The second-order valence-corrected chi connectivity index (χ2v) is 3.83. The molecule has 0 spiro atoms. The van der Waals surface area contributed by atoms with Crippen LogP contribution >= 0.6 is 15.9 Å². The molecular weight excluding hydrogens is 218 g/mol. The van der Waals surface area contributed by atoms with Gasteiger partial charge in [-0.1, -0.05) is 20.3 Å². The van der Waals surface area contributed by atoms with Gasteiger partial charge in [0.2, 0.25) is 0 Å². The van der Waals surface area contributed by atoms with Crippen molar-refractivity contribution in [1.29, 1.82) is 0 Å². The number of hydrogen-bond donors (Lipinski definition) is 1. The highest BCUT2D eigenvalue weighted by molar-refractivity contribution is 9.10. The number of nitrogens with two attached hydrogens (primary N) is 1. The first-order valence-electron chi connectivity index (χ1n) is 4.16. The SMILES string of the molecule is CCC(C)[C@@H](N)c1ccc(Br)o1. The first-order chi connectivity index (χ1) is 5.65. The highest BCUT2D eigenvalue weighted by Gasteiger charge is 2.15. The van der Waals surface area contributed by atoms with Crippen molar-refractivity contribution in [2.45, 2.75) is 26.3 Å². The molecule has 0 amide bonds. The highest BCUT2D eigenvalue weighted by atomic mass is 79.9. The molecule has 0 aliphatic rings. The van der Waals surface area contributed by atoms with Crippen LogP contribution < -0.4 is 5.73 Å². The molecule has 1 aromatic heterocycles. The van der Waals surface area contributed by atoms with Gasteiger partial charge in [-0.15, -0.1) is 0 Å². The maximum Gasteiger partial charge on any atom is 0.169 e. The zero-order valence-corrected chi connectivity index (χ0v) is 8.97. The minimum Gasteiger partial charge on any atom is -0.453 e. The van der Waals surface area contributed by atoms with Crippen molar-refractivity contribution in [2.75, 3.05) is 0 Å². The van der Waals surface area contributed by atoms with Crippen molar-refractivity contribution >= 4 is 15.9 Å². The lowest BCUT2D eigenvalue weighted by molar-refractivity contribution is 0.369. The van der Waals surface area contributed by atoms with E-state index >= 15 is 0 Å². The van der Waals surface area contributed by atoms with Gasteiger partial charge in [0.05, 0.1) is 6.04 Å². The van der Waals surface area contributed by atoms with Crippen LogP contribution in [0.4, 0.5) is 0 Å². The van der Waals surface area contributed by atoms with Crippen LogP contribution in [0.1, 0.15) is 32.1 Å². The molecule has 1 heterocycles. The van der Waals surface area contributed by atoms with Crippen LogP contribution in [0.25, 0.3) is 0 Å². The molecule has 0 fully saturated rings. The van der Waals surface area contributed by atoms with Crippen LogP contribution in [0.15, 0.2) is 21.2 Å². The van der Waals surface area contributed by atoms with Gasteiger partial charge in [-0.2, -0.15) is 0 Å². The van der Waals surface area contributed by atoms with Gasteiger partial charge >= 0.3 is 0 Å². The Morgan fingerprint density at radius 1 is 1.58 bits per heavy atom. The molecule has 3 heteroatoms. The molecular formula is C9H14BrNO. The summed E-state index contributed by atoms with van der Waals surface area (Å²) in [5, 5.41) is 0. The molecule has 1 rings (SSSR count). The molecule has 0 aromatic carbocycles. The van der Waals surface area contributed by atoms with E-state index in [4.69, 9.17) is 10.2 Å². The summed E-state index contributed by atoms with van der Waals surface area (Å²) >= 11 is 3.25. The van der Waals surface area contributed by atoms with Gasteiger partial charge in [0.1, 0.15) is 5.76 Å². The molecule has 1 aromatic rings. The molecule has 1 unspecified atom stereocenters. The molecule has 0 radical (unpaired) electrons. The Balaban J connectivity index is 2.70. The summed E-state index contributed by atoms with van der Waals surface area (Å²) in [6.45, 7) is 4.25. The van der Waals surface area contributed by atoms with E-state index in [-0.39, 0.29) is 6.04 Å². The van der Waals surface area contributed by atoms with Crippen LogP contribution in [0.2, 0.25) is 0 Å². The predicted molar refractivity (Wildman–Crippen MR) is 52.8 cm³/mol. The van der Waals surface area contributed by atoms with Crippen LogP contribution in [0.3, 0.4) is 0 Å². The van der Waals surface area contributed by atoms with Crippen molar-refractivity contribution in [1.82, 2.24) is 0 Å². The standard InChI is InChI=1S/C9H14BrNO/c1-3-6(2)9(11)7-4-5-8(10)12-7/h4-6,9H,3,11H2,1-2H3/t6?,9-/m1/s1. The van der Waals surface area contributed by atoms with Gasteiger partial charge in [0.15, 0.2) is 4.67 Å². The Morgan fingerprint density at radius 3 is 2.67 bits per heavy atom. The van der Waals surface area contributed by atoms with E-state index in [2.05, 4.69) is 29.8 Å². The Hall–Kier alpha value is -0.280. The summed E-state index contributed by atoms with van der Waals surface area (Å²) in [5.74, 6) is 1.32. The molecule has 2 nitrogen and oxygen atoms in total. The van der Waals surface area contributed by atoms with E-state index in [1.165, 1.54) is 0 Å². The lowest BCUT2D eigenvalue weighted by Crippen LogP contribution is -2.17. The Morgan fingerprint density at radius 2 is 2.25 bits per heavy atom. The van der Waals surface area contributed by atoms with Crippen LogP contribution in [-0.2, 0) is 0 Å². The quantitative estimate of drug-likeness (QED) is 0.869. The van der Waals surface area contributed by atoms with Gasteiger partial charge in [-0.3, -0.25) is 0 Å². The monoisotopic (exact) mass is 231 g/mol. The summed E-state index contributed by atoms with van der Waals surface area (Å²) in [6, 6.07) is 3.81. The highest BCUT2D eigenvalue weighted by Crippen LogP contribution is 2.25. The number of hydrogen-bond acceptors (Lipinski definition) is 2. The molecule has 0 saturated heterocycles. The third-order valence-electron chi connectivity index (χ3n) is 2.18. The first kappa shape index (κ1) is 9.81. The molecule has 0 saturated carbocycles. The fourth-order valence-corrected chi connectivity index (χ4v) is 1.36. The van der Waals surface area contributed by atoms with Crippen molar-refractivity contribution in [3.63, 3.8) is 0 Å². The lowest BCUT2D eigenvalue weighted by atomic mass is 9.98. The van der Waals surface area contributed by atoms with Gasteiger partial charge in [-0.25, -0.2) is 0 Å². The van der Waals surface area contributed by atoms with E-state index in [1.54, 1.807) is 0 Å². The van der Waals surface area contributed by atoms with Crippen molar-refractivity contribution in [3.05, 3.63) is 22.6 Å². The van der Waals surface area contributed by atoms with Crippen molar-refractivity contribution in [2.24, 2.45) is 11.7 Å². The summed E-state index contributed by atoms with van der Waals surface area (Å²) in [5.41, 5.74) is 5.95. The zero-order chi connectivity index (χ0) is 9.14. The second kappa shape index (κ2) is 4.10. The molecule has 0 aliphatic carbocycles. The smallest absolute Gasteiger partial charge is 0.169 e. The van der Waals surface area contributed by atoms with E-state index in [0.29, 0.717) is 5.92 Å². The maximum absolute atomic E-state index is 5.95. The average Bonchev–Trinajstić information content (AvgIpc) is 2.49. The van der Waals surface area contributed by atoms with Crippen LogP contribution in [0.5, 0.6) is 0 Å². The molecule has 0 bridgehead atoms. The molecule has 0 aliphatic heterocycles. The topological polar surface area (TPSA) is 39.2 Å². The Bertz CT molecular complexity index is 246. The second-order valence-electron chi connectivity index (χ2n) is 3.05. The van der Waals surface area contributed by atoms with Gasteiger partial charge in [-0.05, 0) is 34.0 Å². The summed E-state index contributed by atoms with van der Waals surface area (Å²) in [6.07, 6.45) is 1.07. The number of furan rings is 1. The molecule has 12 heavy (non-hydrogen) atoms. The minimum atomic E-state index is 0.0151. The largest absolute Gasteiger partial charge is 0.453 e. The van der Waals surface area contributed by atoms with E-state index in [1.807, 2.05) is 12.1 Å².